The average molecular weight is 242 g/mol. The van der Waals surface area contributed by atoms with E-state index in [0.717, 1.165) is 18.0 Å². The lowest BCUT2D eigenvalue weighted by Crippen LogP contribution is -2.03. The summed E-state index contributed by atoms with van der Waals surface area (Å²) < 4.78 is 5.30. The van der Waals surface area contributed by atoms with Crippen LogP contribution < -0.4 is 15.8 Å². The average Bonchev–Trinajstić information content (AvgIpc) is 2.39. The van der Waals surface area contributed by atoms with Gasteiger partial charge in [-0.3, -0.25) is 0 Å². The van der Waals surface area contributed by atoms with Crippen LogP contribution in [-0.2, 0) is 6.54 Å². The number of aryl methyl sites for hydroxylation is 1. The van der Waals surface area contributed by atoms with Crippen LogP contribution in [0.1, 0.15) is 11.1 Å². The molecule has 0 heterocycles. The lowest BCUT2D eigenvalue weighted by Gasteiger charge is -2.13. The first-order valence-electron chi connectivity index (χ1n) is 5.92. The second-order valence-electron chi connectivity index (χ2n) is 4.24. The van der Waals surface area contributed by atoms with Gasteiger partial charge in [-0.25, -0.2) is 0 Å². The van der Waals surface area contributed by atoms with Gasteiger partial charge in [-0.05, 0) is 30.2 Å². The molecule has 0 radical (unpaired) electrons. The molecule has 94 valence electrons. The summed E-state index contributed by atoms with van der Waals surface area (Å²) in [5.74, 6) is 0.767. The van der Waals surface area contributed by atoms with Gasteiger partial charge in [-0.15, -0.1) is 0 Å². The Balaban J connectivity index is 2.13. The molecule has 3 nitrogen and oxygen atoms in total. The molecule has 0 bridgehead atoms. The van der Waals surface area contributed by atoms with Gasteiger partial charge in [0.05, 0.1) is 12.8 Å². The molecule has 0 aliphatic rings. The van der Waals surface area contributed by atoms with Gasteiger partial charge in [0, 0.05) is 18.3 Å². The number of benzene rings is 2. The van der Waals surface area contributed by atoms with Crippen LogP contribution in [0.4, 0.5) is 11.4 Å². The second-order valence-corrected chi connectivity index (χ2v) is 4.24. The summed E-state index contributed by atoms with van der Waals surface area (Å²) in [5.41, 5.74) is 9.93. The van der Waals surface area contributed by atoms with Crippen molar-refractivity contribution in [3.8, 4) is 5.75 Å². The highest BCUT2D eigenvalue weighted by Crippen LogP contribution is 2.27. The third kappa shape index (κ3) is 2.74. The third-order valence-corrected chi connectivity index (χ3v) is 2.96. The zero-order valence-electron chi connectivity index (χ0n) is 10.7. The highest BCUT2D eigenvalue weighted by molar-refractivity contribution is 5.62. The van der Waals surface area contributed by atoms with Crippen molar-refractivity contribution < 1.29 is 4.74 Å². The Morgan fingerprint density at radius 1 is 1.17 bits per heavy atom. The monoisotopic (exact) mass is 242 g/mol. The molecule has 0 aliphatic carbocycles. The Kier molecular flexibility index (Phi) is 3.72. The summed E-state index contributed by atoms with van der Waals surface area (Å²) in [4.78, 5) is 0. The summed E-state index contributed by atoms with van der Waals surface area (Å²) in [5, 5.41) is 3.37. The van der Waals surface area contributed by atoms with Crippen LogP contribution in [0.2, 0.25) is 0 Å². The van der Waals surface area contributed by atoms with E-state index < -0.39 is 0 Å². The Morgan fingerprint density at radius 3 is 2.67 bits per heavy atom. The van der Waals surface area contributed by atoms with Crippen LogP contribution in [0.3, 0.4) is 0 Å². The van der Waals surface area contributed by atoms with Gasteiger partial charge < -0.3 is 15.8 Å². The van der Waals surface area contributed by atoms with Crippen LogP contribution in [0.5, 0.6) is 5.75 Å². The number of nitrogen functional groups attached to an aromatic ring is 1. The van der Waals surface area contributed by atoms with Crippen molar-refractivity contribution >= 4 is 11.4 Å². The van der Waals surface area contributed by atoms with Crippen LogP contribution in [0.15, 0.2) is 42.5 Å². The standard InChI is InChI=1S/C15H18N2O/c1-11-5-3-4-6-12(11)10-17-14-8-7-13(16)9-15(14)18-2/h3-9,17H,10,16H2,1-2H3. The molecule has 0 unspecified atom stereocenters. The lowest BCUT2D eigenvalue weighted by molar-refractivity contribution is 0.416. The number of anilines is 2. The molecule has 3 N–H and O–H groups in total. The molecular formula is C15H18N2O. The SMILES string of the molecule is COc1cc(N)ccc1NCc1ccccc1C. The van der Waals surface area contributed by atoms with Crippen molar-refractivity contribution in [3.05, 3.63) is 53.6 Å². The van der Waals surface area contributed by atoms with Crippen molar-refractivity contribution in [2.45, 2.75) is 13.5 Å². The fraction of sp³-hybridized carbons (Fsp3) is 0.200. The molecule has 2 rings (SSSR count). The fourth-order valence-corrected chi connectivity index (χ4v) is 1.85. The maximum atomic E-state index is 5.73. The molecule has 0 aromatic heterocycles. The van der Waals surface area contributed by atoms with Crippen molar-refractivity contribution in [1.82, 2.24) is 0 Å². The Labute approximate surface area is 108 Å². The zero-order valence-corrected chi connectivity index (χ0v) is 10.7. The molecule has 2 aromatic carbocycles. The van der Waals surface area contributed by atoms with Crippen LogP contribution >= 0.6 is 0 Å². The molecule has 0 saturated heterocycles. The lowest BCUT2D eigenvalue weighted by atomic mass is 10.1. The van der Waals surface area contributed by atoms with Crippen molar-refractivity contribution in [1.29, 1.82) is 0 Å². The van der Waals surface area contributed by atoms with Gasteiger partial charge in [0.2, 0.25) is 0 Å². The minimum Gasteiger partial charge on any atom is -0.495 e. The van der Waals surface area contributed by atoms with Crippen molar-refractivity contribution in [2.75, 3.05) is 18.2 Å². The molecule has 0 fully saturated rings. The molecule has 18 heavy (non-hydrogen) atoms. The minimum absolute atomic E-state index is 0.702. The predicted molar refractivity (Wildman–Crippen MR) is 75.9 cm³/mol. The molecule has 2 aromatic rings. The van der Waals surface area contributed by atoms with Crippen LogP contribution in [0.25, 0.3) is 0 Å². The number of rotatable bonds is 4. The first-order valence-corrected chi connectivity index (χ1v) is 5.92. The highest BCUT2D eigenvalue weighted by Gasteiger charge is 2.03. The number of ether oxygens (including phenoxy) is 1. The van der Waals surface area contributed by atoms with Crippen LogP contribution in [0, 0.1) is 6.92 Å². The predicted octanol–water partition coefficient (Wildman–Crippen LogP) is 3.20. The fourth-order valence-electron chi connectivity index (χ4n) is 1.85. The smallest absolute Gasteiger partial charge is 0.144 e. The number of hydrogen-bond donors (Lipinski definition) is 2. The summed E-state index contributed by atoms with van der Waals surface area (Å²) in [6.07, 6.45) is 0. The van der Waals surface area contributed by atoms with Gasteiger partial charge >= 0.3 is 0 Å². The summed E-state index contributed by atoms with van der Waals surface area (Å²) >= 11 is 0. The van der Waals surface area contributed by atoms with E-state index in [-0.39, 0.29) is 0 Å². The van der Waals surface area contributed by atoms with Gasteiger partial charge in [-0.1, -0.05) is 24.3 Å². The van der Waals surface area contributed by atoms with E-state index in [1.807, 2.05) is 30.3 Å². The van der Waals surface area contributed by atoms with E-state index >= 15 is 0 Å². The molecule has 3 heteroatoms. The summed E-state index contributed by atoms with van der Waals surface area (Å²) in [7, 11) is 1.65. The number of hydrogen-bond acceptors (Lipinski definition) is 3. The van der Waals surface area contributed by atoms with E-state index in [1.54, 1.807) is 7.11 Å². The van der Waals surface area contributed by atoms with E-state index in [2.05, 4.69) is 24.4 Å². The van der Waals surface area contributed by atoms with Gasteiger partial charge in [0.1, 0.15) is 5.75 Å². The van der Waals surface area contributed by atoms with E-state index in [4.69, 9.17) is 10.5 Å². The van der Waals surface area contributed by atoms with Crippen molar-refractivity contribution in [2.24, 2.45) is 0 Å². The van der Waals surface area contributed by atoms with Gasteiger partial charge in [0.15, 0.2) is 0 Å². The summed E-state index contributed by atoms with van der Waals surface area (Å²) in [6, 6.07) is 13.9. The van der Waals surface area contributed by atoms with Crippen molar-refractivity contribution in [3.63, 3.8) is 0 Å². The molecule has 0 amide bonds. The van der Waals surface area contributed by atoms with Gasteiger partial charge in [-0.2, -0.15) is 0 Å². The largest absolute Gasteiger partial charge is 0.495 e. The molecule has 0 aliphatic heterocycles. The maximum absolute atomic E-state index is 5.73. The highest BCUT2D eigenvalue weighted by atomic mass is 16.5. The molecular weight excluding hydrogens is 224 g/mol. The molecule has 0 saturated carbocycles. The molecule has 0 atom stereocenters. The minimum atomic E-state index is 0.702. The zero-order chi connectivity index (χ0) is 13.0. The van der Waals surface area contributed by atoms with Gasteiger partial charge in [0.25, 0.3) is 0 Å². The van der Waals surface area contributed by atoms with Crippen LogP contribution in [-0.4, -0.2) is 7.11 Å². The third-order valence-electron chi connectivity index (χ3n) is 2.96. The Bertz CT molecular complexity index is 538. The number of nitrogens with one attached hydrogen (secondary N) is 1. The first kappa shape index (κ1) is 12.3. The van der Waals surface area contributed by atoms with E-state index in [0.29, 0.717) is 5.69 Å². The maximum Gasteiger partial charge on any atom is 0.144 e. The molecule has 0 spiro atoms. The topological polar surface area (TPSA) is 47.3 Å². The Morgan fingerprint density at radius 2 is 1.94 bits per heavy atom. The quantitative estimate of drug-likeness (QED) is 0.809. The number of nitrogens with two attached hydrogens (primary N) is 1. The first-order chi connectivity index (χ1) is 8.70. The number of methoxy groups -OCH3 is 1. The van der Waals surface area contributed by atoms with E-state index in [1.165, 1.54) is 11.1 Å². The normalized spacial score (nSPS) is 10.1. The van der Waals surface area contributed by atoms with E-state index in [9.17, 15) is 0 Å². The Hall–Kier alpha value is -2.16. The summed E-state index contributed by atoms with van der Waals surface area (Å²) in [6.45, 7) is 2.88. The second kappa shape index (κ2) is 5.45.